The molecule has 0 bridgehead atoms. The Morgan fingerprint density at radius 1 is 0.980 bits per heavy atom. The van der Waals surface area contributed by atoms with E-state index in [0.717, 1.165) is 40.5 Å². The summed E-state index contributed by atoms with van der Waals surface area (Å²) in [7, 11) is -2.55. The fourth-order valence-corrected chi connectivity index (χ4v) is 7.58. The zero-order valence-corrected chi connectivity index (χ0v) is 35.8. The monoisotopic (exact) mass is 748 g/mol. The fourth-order valence-electron chi connectivity index (χ4n) is 5.21. The second kappa shape index (κ2) is 17.9. The standard InChI is InChI=1S/C36H64N6O5SSi2/c1-14-26(2)41(35(44)47-36(5,6)7)27(3)15-16-29-21-32(40(24-45-17-19-49(8,9)10)25-46-18-20-50(11,12)13)42-33(39-29)30(22-38-42)31-23-37-34(48-31)28(4)43/h21-23,26-28,43H,14-20,24-25H2,1-13H3/t26-,27+,28?/m0/s1. The molecule has 0 aliphatic carbocycles. The Bertz CT molecular complexity index is 1490. The molecule has 1 unspecified atom stereocenters. The van der Waals surface area contributed by atoms with Crippen LogP contribution in [0.1, 0.15) is 78.1 Å². The van der Waals surface area contributed by atoms with Gasteiger partial charge in [0.1, 0.15) is 36.0 Å². The number of fused-ring (bicyclic) bond motifs is 1. The summed E-state index contributed by atoms with van der Waals surface area (Å²) >= 11 is 1.44. The van der Waals surface area contributed by atoms with Crippen molar-refractivity contribution in [1.29, 1.82) is 0 Å². The molecule has 3 rings (SSSR count). The minimum atomic E-state index is -1.27. The number of carbonyl (C=O) groups excluding carboxylic acids is 1. The Labute approximate surface area is 306 Å². The van der Waals surface area contributed by atoms with Gasteiger partial charge in [0.05, 0.1) is 16.6 Å². The second-order valence-corrected chi connectivity index (χ2v) is 29.2. The van der Waals surface area contributed by atoms with Gasteiger partial charge in [-0.15, -0.1) is 11.3 Å². The first-order valence-electron chi connectivity index (χ1n) is 18.1. The third-order valence-corrected chi connectivity index (χ3v) is 13.0. The molecule has 1 amide bonds. The minimum Gasteiger partial charge on any atom is -0.444 e. The van der Waals surface area contributed by atoms with E-state index in [1.165, 1.54) is 11.3 Å². The second-order valence-electron chi connectivity index (χ2n) is 16.9. The molecule has 0 aliphatic heterocycles. The lowest BCUT2D eigenvalue weighted by atomic mass is 10.1. The first kappa shape index (κ1) is 42.0. The van der Waals surface area contributed by atoms with Crippen molar-refractivity contribution < 1.29 is 24.1 Å². The summed E-state index contributed by atoms with van der Waals surface area (Å²) in [6, 6.07) is 4.17. The zero-order chi connectivity index (χ0) is 37.4. The van der Waals surface area contributed by atoms with Crippen LogP contribution in [0, 0.1) is 0 Å². The molecular weight excluding hydrogens is 685 g/mol. The summed E-state index contributed by atoms with van der Waals surface area (Å²) < 4.78 is 20.3. The van der Waals surface area contributed by atoms with Crippen LogP contribution < -0.4 is 4.90 Å². The van der Waals surface area contributed by atoms with Gasteiger partial charge in [-0.1, -0.05) is 46.2 Å². The first-order chi connectivity index (χ1) is 23.2. The molecule has 0 aliphatic rings. The average Bonchev–Trinajstić information content (AvgIpc) is 3.64. The summed E-state index contributed by atoms with van der Waals surface area (Å²) in [5.74, 6) is 0.830. The highest BCUT2D eigenvalue weighted by Crippen LogP contribution is 2.33. The quantitative estimate of drug-likeness (QED) is 0.0731. The number of nitrogens with zero attached hydrogens (tertiary/aromatic N) is 6. The van der Waals surface area contributed by atoms with Gasteiger partial charge in [0.25, 0.3) is 0 Å². The lowest BCUT2D eigenvalue weighted by Crippen LogP contribution is -2.47. The van der Waals surface area contributed by atoms with Gasteiger partial charge in [-0.3, -0.25) is 0 Å². The van der Waals surface area contributed by atoms with E-state index in [-0.39, 0.29) is 18.2 Å². The Kier molecular flexibility index (Phi) is 15.1. The zero-order valence-electron chi connectivity index (χ0n) is 33.0. The fraction of sp³-hybridized carbons (Fsp3) is 0.722. The molecule has 0 fully saturated rings. The maximum Gasteiger partial charge on any atom is 0.410 e. The molecule has 0 spiro atoms. The van der Waals surface area contributed by atoms with E-state index < -0.39 is 27.9 Å². The number of aliphatic hydroxyl groups excluding tert-OH is 1. The third kappa shape index (κ3) is 13.0. The Morgan fingerprint density at radius 3 is 2.08 bits per heavy atom. The van der Waals surface area contributed by atoms with E-state index in [1.807, 2.05) is 36.4 Å². The van der Waals surface area contributed by atoms with Crippen LogP contribution in [0.3, 0.4) is 0 Å². The number of thiazole rings is 1. The molecule has 0 aromatic carbocycles. The topological polar surface area (TPSA) is 115 Å². The lowest BCUT2D eigenvalue weighted by molar-refractivity contribution is 0.00726. The average molecular weight is 749 g/mol. The van der Waals surface area contributed by atoms with Crippen LogP contribution in [0.25, 0.3) is 16.1 Å². The van der Waals surface area contributed by atoms with Crippen molar-refractivity contribution in [3.05, 3.63) is 29.2 Å². The smallest absolute Gasteiger partial charge is 0.410 e. The summed E-state index contributed by atoms with van der Waals surface area (Å²) in [6.07, 6.45) is 4.80. The molecule has 3 heterocycles. The van der Waals surface area contributed by atoms with Crippen LogP contribution in [0.5, 0.6) is 0 Å². The highest BCUT2D eigenvalue weighted by Gasteiger charge is 2.30. The Morgan fingerprint density at radius 2 is 1.58 bits per heavy atom. The molecule has 3 aromatic rings. The highest BCUT2D eigenvalue weighted by atomic mass is 32.1. The SMILES string of the molecule is CC[C@H](C)N(C(=O)OC(C)(C)C)[C@H](C)CCc1cc(N(COCC[Si](C)(C)C)COCC[Si](C)(C)C)n2ncc(-c3cnc(C(C)O)s3)c2n1. The van der Waals surface area contributed by atoms with Crippen molar-refractivity contribution in [2.45, 2.75) is 143 Å². The number of rotatable bonds is 19. The summed E-state index contributed by atoms with van der Waals surface area (Å²) in [4.78, 5) is 27.8. The van der Waals surface area contributed by atoms with Gasteiger partial charge < -0.3 is 29.1 Å². The predicted molar refractivity (Wildman–Crippen MR) is 211 cm³/mol. The molecule has 3 atom stereocenters. The van der Waals surface area contributed by atoms with Crippen LogP contribution >= 0.6 is 11.3 Å². The predicted octanol–water partition coefficient (Wildman–Crippen LogP) is 8.69. The number of aryl methyl sites for hydroxylation is 1. The van der Waals surface area contributed by atoms with Gasteiger partial charge in [-0.25, -0.2) is 14.8 Å². The molecule has 282 valence electrons. The van der Waals surface area contributed by atoms with Gasteiger partial charge in [0.2, 0.25) is 0 Å². The van der Waals surface area contributed by atoms with Crippen LogP contribution in [-0.2, 0) is 20.6 Å². The molecule has 0 saturated heterocycles. The molecule has 0 saturated carbocycles. The van der Waals surface area contributed by atoms with E-state index in [4.69, 9.17) is 24.3 Å². The van der Waals surface area contributed by atoms with Gasteiger partial charge in [-0.05, 0) is 72.9 Å². The van der Waals surface area contributed by atoms with E-state index >= 15 is 0 Å². The van der Waals surface area contributed by atoms with Gasteiger partial charge >= 0.3 is 6.09 Å². The van der Waals surface area contributed by atoms with Gasteiger partial charge in [-0.2, -0.15) is 9.61 Å². The third-order valence-electron chi connectivity index (χ3n) is 8.43. The number of ether oxygens (including phenoxy) is 3. The summed E-state index contributed by atoms with van der Waals surface area (Å²) in [5.41, 5.74) is 1.85. The van der Waals surface area contributed by atoms with E-state index in [2.05, 4.69) is 76.0 Å². The molecule has 1 N–H and O–H groups in total. The summed E-state index contributed by atoms with van der Waals surface area (Å²) in [6.45, 7) is 29.9. The van der Waals surface area contributed by atoms with Crippen LogP contribution in [0.2, 0.25) is 51.4 Å². The van der Waals surface area contributed by atoms with Crippen molar-refractivity contribution in [3.8, 4) is 10.4 Å². The number of hydrogen-bond acceptors (Lipinski definition) is 10. The number of carbonyl (C=O) groups is 1. The Hall–Kier alpha value is -2.37. The largest absolute Gasteiger partial charge is 0.444 e. The molecular formula is C36H64N6O5SSi2. The van der Waals surface area contributed by atoms with Gasteiger partial charge in [0.15, 0.2) is 5.65 Å². The number of amides is 1. The molecule has 3 aromatic heterocycles. The number of anilines is 1. The minimum absolute atomic E-state index is 0.0267. The van der Waals surface area contributed by atoms with Crippen molar-refractivity contribution >= 4 is 45.0 Å². The van der Waals surface area contributed by atoms with Crippen molar-refractivity contribution in [2.24, 2.45) is 0 Å². The Balaban J connectivity index is 2.03. The normalized spacial score (nSPS) is 14.5. The molecule has 14 heteroatoms. The maximum absolute atomic E-state index is 13.3. The number of aromatic nitrogens is 4. The first-order valence-corrected chi connectivity index (χ1v) is 26.4. The van der Waals surface area contributed by atoms with E-state index in [1.54, 1.807) is 13.1 Å². The van der Waals surface area contributed by atoms with E-state index in [9.17, 15) is 9.90 Å². The molecule has 50 heavy (non-hydrogen) atoms. The molecule has 11 nitrogen and oxygen atoms in total. The van der Waals surface area contributed by atoms with Crippen molar-refractivity contribution in [2.75, 3.05) is 31.6 Å². The number of aliphatic hydroxyl groups is 1. The van der Waals surface area contributed by atoms with Gasteiger partial charge in [0, 0.05) is 59.4 Å². The van der Waals surface area contributed by atoms with E-state index in [0.29, 0.717) is 50.2 Å². The van der Waals surface area contributed by atoms with Crippen LogP contribution in [0.15, 0.2) is 18.5 Å². The highest BCUT2D eigenvalue weighted by molar-refractivity contribution is 7.15. The lowest BCUT2D eigenvalue weighted by Gasteiger charge is -2.35. The van der Waals surface area contributed by atoms with Crippen molar-refractivity contribution in [3.63, 3.8) is 0 Å². The maximum atomic E-state index is 13.3. The van der Waals surface area contributed by atoms with Crippen LogP contribution in [0.4, 0.5) is 10.6 Å². The number of hydrogen-bond donors (Lipinski definition) is 1. The summed E-state index contributed by atoms with van der Waals surface area (Å²) in [5, 5.41) is 15.7. The van der Waals surface area contributed by atoms with Crippen LogP contribution in [-0.4, -0.2) is 96.2 Å². The molecule has 0 radical (unpaired) electrons. The van der Waals surface area contributed by atoms with Crippen molar-refractivity contribution in [1.82, 2.24) is 24.5 Å².